The third-order valence-electron chi connectivity index (χ3n) is 2.49. The van der Waals surface area contributed by atoms with Crippen molar-refractivity contribution >= 4 is 0 Å². The van der Waals surface area contributed by atoms with Gasteiger partial charge in [-0.25, -0.2) is 4.98 Å². The van der Waals surface area contributed by atoms with Crippen molar-refractivity contribution in [3.8, 4) is 0 Å². The van der Waals surface area contributed by atoms with Crippen molar-refractivity contribution in [2.24, 2.45) is 0 Å². The lowest BCUT2D eigenvalue weighted by molar-refractivity contribution is 0.226. The number of aromatic nitrogens is 3. The van der Waals surface area contributed by atoms with Gasteiger partial charge in [0.25, 0.3) is 0 Å². The molecule has 2 N–H and O–H groups in total. The van der Waals surface area contributed by atoms with Gasteiger partial charge < -0.3 is 10.4 Å². The van der Waals surface area contributed by atoms with Crippen LogP contribution in [0.2, 0.25) is 0 Å². The maximum atomic E-state index is 9.04. The molecule has 0 amide bonds. The molecule has 1 aromatic heterocycles. The second-order valence-electron chi connectivity index (χ2n) is 3.80. The minimum absolute atomic E-state index is 0.199. The smallest absolute Gasteiger partial charge is 0.137 e. The summed E-state index contributed by atoms with van der Waals surface area (Å²) in [7, 11) is 0. The van der Waals surface area contributed by atoms with E-state index in [4.69, 9.17) is 5.11 Å². The molecule has 0 radical (unpaired) electrons. The first-order chi connectivity index (χ1) is 7.26. The van der Waals surface area contributed by atoms with E-state index >= 15 is 0 Å². The van der Waals surface area contributed by atoms with Gasteiger partial charge >= 0.3 is 0 Å². The predicted molar refractivity (Wildman–Crippen MR) is 58.4 cm³/mol. The lowest BCUT2D eigenvalue weighted by Crippen LogP contribution is -2.39. The van der Waals surface area contributed by atoms with Gasteiger partial charge in [0.2, 0.25) is 0 Å². The molecule has 5 nitrogen and oxygen atoms in total. The van der Waals surface area contributed by atoms with Crippen molar-refractivity contribution in [2.75, 3.05) is 6.61 Å². The molecule has 15 heavy (non-hydrogen) atoms. The summed E-state index contributed by atoms with van der Waals surface area (Å²) in [4.78, 5) is 3.88. The van der Waals surface area contributed by atoms with E-state index in [9.17, 15) is 0 Å². The number of hydrogen-bond acceptors (Lipinski definition) is 4. The monoisotopic (exact) mass is 212 g/mol. The number of rotatable bonds is 7. The molecule has 5 heteroatoms. The first kappa shape index (κ1) is 12.1. The molecule has 0 spiro atoms. The maximum Gasteiger partial charge on any atom is 0.137 e. The molecule has 2 atom stereocenters. The minimum atomic E-state index is 0.199. The number of nitrogens with one attached hydrogen (secondary N) is 1. The second-order valence-corrected chi connectivity index (χ2v) is 3.80. The molecule has 0 fully saturated rings. The van der Waals surface area contributed by atoms with Crippen LogP contribution in [0.3, 0.4) is 0 Å². The molecule has 0 saturated carbocycles. The first-order valence-electron chi connectivity index (χ1n) is 5.45. The molecule has 2 unspecified atom stereocenters. The number of hydrogen-bond donors (Lipinski definition) is 2. The molecule has 86 valence electrons. The summed E-state index contributed by atoms with van der Waals surface area (Å²) < 4.78 is 1.82. The molecule has 0 bridgehead atoms. The van der Waals surface area contributed by atoms with Crippen molar-refractivity contribution in [2.45, 2.75) is 45.3 Å². The van der Waals surface area contributed by atoms with E-state index in [0.717, 1.165) is 19.4 Å². The van der Waals surface area contributed by atoms with Crippen molar-refractivity contribution in [3.05, 3.63) is 12.7 Å². The summed E-state index contributed by atoms with van der Waals surface area (Å²) in [5.41, 5.74) is 0. The molecule has 1 rings (SSSR count). The quantitative estimate of drug-likeness (QED) is 0.687. The average Bonchev–Trinajstić information content (AvgIpc) is 2.75. The van der Waals surface area contributed by atoms with E-state index in [2.05, 4.69) is 29.2 Å². The largest absolute Gasteiger partial charge is 0.395 e. The molecule has 0 aliphatic carbocycles. The summed E-state index contributed by atoms with van der Waals surface area (Å²) in [6.07, 6.45) is 5.20. The zero-order valence-corrected chi connectivity index (χ0v) is 9.43. The number of aryl methyl sites for hydroxylation is 1. The zero-order valence-electron chi connectivity index (χ0n) is 9.43. The van der Waals surface area contributed by atoms with Gasteiger partial charge in [-0.05, 0) is 19.8 Å². The van der Waals surface area contributed by atoms with E-state index in [1.165, 1.54) is 0 Å². The Morgan fingerprint density at radius 3 is 2.87 bits per heavy atom. The predicted octanol–water partition coefficient (Wildman–Crippen LogP) is 0.417. The van der Waals surface area contributed by atoms with Crippen LogP contribution in [0.4, 0.5) is 0 Å². The molecule has 0 aliphatic rings. The van der Waals surface area contributed by atoms with E-state index < -0.39 is 0 Å². The van der Waals surface area contributed by atoms with Crippen LogP contribution in [-0.4, -0.2) is 38.6 Å². The summed E-state index contributed by atoms with van der Waals surface area (Å²) in [6.45, 7) is 5.24. The van der Waals surface area contributed by atoms with Crippen molar-refractivity contribution in [1.29, 1.82) is 0 Å². The molecular formula is C10H20N4O. The van der Waals surface area contributed by atoms with Crippen LogP contribution in [0, 0.1) is 0 Å². The summed E-state index contributed by atoms with van der Waals surface area (Å²) in [5.74, 6) is 0. The first-order valence-corrected chi connectivity index (χ1v) is 5.45. The Labute approximate surface area is 90.5 Å². The van der Waals surface area contributed by atoms with Crippen LogP contribution in [0.1, 0.15) is 26.7 Å². The van der Waals surface area contributed by atoms with Crippen LogP contribution in [-0.2, 0) is 6.54 Å². The Morgan fingerprint density at radius 2 is 2.33 bits per heavy atom. The van der Waals surface area contributed by atoms with Gasteiger partial charge in [-0.15, -0.1) is 0 Å². The zero-order chi connectivity index (χ0) is 11.1. The number of nitrogens with zero attached hydrogens (tertiary/aromatic N) is 3. The molecular weight excluding hydrogens is 192 g/mol. The third kappa shape index (κ3) is 4.40. The van der Waals surface area contributed by atoms with Gasteiger partial charge in [-0.1, -0.05) is 6.92 Å². The highest BCUT2D eigenvalue weighted by Crippen LogP contribution is 1.98. The van der Waals surface area contributed by atoms with Crippen molar-refractivity contribution < 1.29 is 5.11 Å². The highest BCUT2D eigenvalue weighted by molar-refractivity contribution is 4.69. The van der Waals surface area contributed by atoms with Gasteiger partial charge in [0.05, 0.1) is 6.61 Å². The van der Waals surface area contributed by atoms with Crippen molar-refractivity contribution in [3.63, 3.8) is 0 Å². The fourth-order valence-corrected chi connectivity index (χ4v) is 1.46. The van der Waals surface area contributed by atoms with E-state index in [0.29, 0.717) is 6.04 Å². The van der Waals surface area contributed by atoms with Gasteiger partial charge in [0, 0.05) is 18.6 Å². The Hall–Kier alpha value is -0.940. The van der Waals surface area contributed by atoms with Gasteiger partial charge in [-0.3, -0.25) is 4.68 Å². The van der Waals surface area contributed by atoms with Gasteiger partial charge in [0.1, 0.15) is 12.7 Å². The number of aliphatic hydroxyl groups excluding tert-OH is 1. The van der Waals surface area contributed by atoms with Crippen LogP contribution < -0.4 is 5.32 Å². The van der Waals surface area contributed by atoms with Crippen LogP contribution in [0.5, 0.6) is 0 Å². The fraction of sp³-hybridized carbons (Fsp3) is 0.800. The molecule has 0 aromatic carbocycles. The molecule has 1 heterocycles. The highest BCUT2D eigenvalue weighted by Gasteiger charge is 2.08. The van der Waals surface area contributed by atoms with Crippen molar-refractivity contribution in [1.82, 2.24) is 20.1 Å². The normalized spacial score (nSPS) is 15.1. The molecule has 1 aromatic rings. The van der Waals surface area contributed by atoms with Gasteiger partial charge in [-0.2, -0.15) is 5.10 Å². The SMILES string of the molecule is CCC(CO)NC(C)CCn1cncn1. The van der Waals surface area contributed by atoms with E-state index in [1.807, 2.05) is 4.68 Å². The van der Waals surface area contributed by atoms with E-state index in [1.54, 1.807) is 12.7 Å². The Balaban J connectivity index is 2.21. The summed E-state index contributed by atoms with van der Waals surface area (Å²) in [6, 6.07) is 0.585. The third-order valence-corrected chi connectivity index (χ3v) is 2.49. The summed E-state index contributed by atoms with van der Waals surface area (Å²) in [5, 5.41) is 16.4. The molecule has 0 aliphatic heterocycles. The lowest BCUT2D eigenvalue weighted by atomic mass is 10.1. The Kier molecular flexibility index (Phi) is 5.28. The molecule has 0 saturated heterocycles. The standard InChI is InChI=1S/C10H20N4O/c1-3-10(6-15)13-9(2)4-5-14-8-11-7-12-14/h7-10,13,15H,3-6H2,1-2H3. The summed E-state index contributed by atoms with van der Waals surface area (Å²) >= 11 is 0. The highest BCUT2D eigenvalue weighted by atomic mass is 16.3. The van der Waals surface area contributed by atoms with Gasteiger partial charge in [0.15, 0.2) is 0 Å². The fourth-order valence-electron chi connectivity index (χ4n) is 1.46. The minimum Gasteiger partial charge on any atom is -0.395 e. The van der Waals surface area contributed by atoms with Crippen LogP contribution in [0.25, 0.3) is 0 Å². The maximum absolute atomic E-state index is 9.04. The Bertz CT molecular complexity index is 246. The lowest BCUT2D eigenvalue weighted by Gasteiger charge is -2.20. The van der Waals surface area contributed by atoms with E-state index in [-0.39, 0.29) is 12.6 Å². The average molecular weight is 212 g/mol. The topological polar surface area (TPSA) is 63.0 Å². The number of aliphatic hydroxyl groups is 1. The van der Waals surface area contributed by atoms with Crippen LogP contribution in [0.15, 0.2) is 12.7 Å². The van der Waals surface area contributed by atoms with Crippen LogP contribution >= 0.6 is 0 Å². The second kappa shape index (κ2) is 6.53. The Morgan fingerprint density at radius 1 is 1.53 bits per heavy atom.